The molecular formula is H8Fe2Na2O3. The van der Waals surface area contributed by atoms with Crippen LogP contribution in [-0.4, -0.2) is 16.4 Å². The smallest absolute Gasteiger partial charge is 1.00 e. The molecule has 7 heavy (non-hydrogen) atoms. The van der Waals surface area contributed by atoms with E-state index in [4.69, 9.17) is 0 Å². The Labute approximate surface area is 111 Å². The number of hydrogen-bond acceptors (Lipinski definition) is 0. The molecule has 0 heterocycles. The van der Waals surface area contributed by atoms with E-state index in [2.05, 4.69) is 0 Å². The maximum absolute atomic E-state index is 0. The summed E-state index contributed by atoms with van der Waals surface area (Å²) in [4.78, 5) is 0. The topological polar surface area (TPSA) is 94.5 Å². The fourth-order valence-electron chi connectivity index (χ4n) is 0. The van der Waals surface area contributed by atoms with Crippen molar-refractivity contribution in [2.75, 3.05) is 0 Å². The van der Waals surface area contributed by atoms with Gasteiger partial charge in [0.15, 0.2) is 0 Å². The van der Waals surface area contributed by atoms with Gasteiger partial charge in [0, 0.05) is 34.1 Å². The molecule has 0 aromatic rings. The van der Waals surface area contributed by atoms with Crippen LogP contribution in [0.3, 0.4) is 0 Å². The summed E-state index contributed by atoms with van der Waals surface area (Å²) in [6.45, 7) is 0. The van der Waals surface area contributed by atoms with E-state index in [0.29, 0.717) is 0 Å². The van der Waals surface area contributed by atoms with Crippen LogP contribution >= 0.6 is 0 Å². The van der Waals surface area contributed by atoms with E-state index in [9.17, 15) is 0 Å². The molecule has 3 nitrogen and oxygen atoms in total. The molecule has 0 rings (SSSR count). The van der Waals surface area contributed by atoms with Gasteiger partial charge in [-0.05, 0) is 0 Å². The molecule has 0 unspecified atom stereocenters. The molecule has 0 fully saturated rings. The SMILES string of the molecule is O.O.O.[Fe].[Fe].[H-].[H-].[Na+].[Na+]. The maximum Gasteiger partial charge on any atom is 1.00 e. The Morgan fingerprint density at radius 1 is 0.571 bits per heavy atom. The molecule has 0 aliphatic heterocycles. The first-order valence-corrected chi connectivity index (χ1v) is 0. The van der Waals surface area contributed by atoms with Crippen molar-refractivity contribution >= 4 is 0 Å². The fraction of sp³-hybridized carbons (Fsp3) is 0. The van der Waals surface area contributed by atoms with Gasteiger partial charge in [0.25, 0.3) is 0 Å². The van der Waals surface area contributed by atoms with E-state index in [1.165, 1.54) is 0 Å². The van der Waals surface area contributed by atoms with Crippen LogP contribution < -0.4 is 59.1 Å². The van der Waals surface area contributed by atoms with Gasteiger partial charge in [0.2, 0.25) is 0 Å². The van der Waals surface area contributed by atoms with E-state index < -0.39 is 0 Å². The minimum Gasteiger partial charge on any atom is -1.00 e. The van der Waals surface area contributed by atoms with E-state index >= 15 is 0 Å². The van der Waals surface area contributed by atoms with Crippen LogP contribution in [-0.2, 0) is 34.1 Å². The Kier molecular flexibility index (Phi) is 868. The van der Waals surface area contributed by atoms with Crippen molar-refractivity contribution in [2.45, 2.75) is 0 Å². The third kappa shape index (κ3) is 50.1. The van der Waals surface area contributed by atoms with Crippen LogP contribution in [0.5, 0.6) is 0 Å². The van der Waals surface area contributed by atoms with Crippen LogP contribution in [0.15, 0.2) is 0 Å². The monoisotopic (exact) mass is 214 g/mol. The predicted octanol–water partition coefficient (Wildman–Crippen LogP) is -8.25. The summed E-state index contributed by atoms with van der Waals surface area (Å²) >= 11 is 0. The average Bonchev–Trinajstić information content (AvgIpc) is 0. The van der Waals surface area contributed by atoms with Gasteiger partial charge in [0.1, 0.15) is 0 Å². The first-order chi connectivity index (χ1) is 0. The summed E-state index contributed by atoms with van der Waals surface area (Å²) in [7, 11) is 0. The van der Waals surface area contributed by atoms with Crippen molar-refractivity contribution < 1.29 is 113 Å². The molecule has 0 saturated heterocycles. The zero-order valence-corrected chi connectivity index (χ0v) is 10.4. The van der Waals surface area contributed by atoms with Crippen molar-refractivity contribution in [3.63, 3.8) is 0 Å². The van der Waals surface area contributed by atoms with Crippen molar-refractivity contribution in [2.24, 2.45) is 0 Å². The molecule has 0 amide bonds. The van der Waals surface area contributed by atoms with Gasteiger partial charge in [-0.15, -0.1) is 0 Å². The van der Waals surface area contributed by atoms with Crippen molar-refractivity contribution in [3.8, 4) is 0 Å². The van der Waals surface area contributed by atoms with Crippen LogP contribution in [0.25, 0.3) is 0 Å². The molecular weight excluding hydrogens is 206 g/mol. The van der Waals surface area contributed by atoms with E-state index in [1.807, 2.05) is 0 Å². The van der Waals surface area contributed by atoms with E-state index in [-0.39, 0.29) is 113 Å². The second-order valence-electron chi connectivity index (χ2n) is 0. The molecule has 7 heteroatoms. The summed E-state index contributed by atoms with van der Waals surface area (Å²) in [6, 6.07) is 0. The molecule has 0 aliphatic carbocycles. The van der Waals surface area contributed by atoms with Gasteiger partial charge in [-0.1, -0.05) is 0 Å². The average molecular weight is 214 g/mol. The maximum atomic E-state index is 0. The Morgan fingerprint density at radius 3 is 0.571 bits per heavy atom. The number of rotatable bonds is 0. The second-order valence-corrected chi connectivity index (χ2v) is 0. The second kappa shape index (κ2) is 65.6. The van der Waals surface area contributed by atoms with Gasteiger partial charge in [-0.3, -0.25) is 0 Å². The van der Waals surface area contributed by atoms with Crippen LogP contribution in [0, 0.1) is 0 Å². The quantitative estimate of drug-likeness (QED) is 0.358. The minimum atomic E-state index is 0. The predicted molar refractivity (Wildman–Crippen MR) is 13.1 cm³/mol. The molecule has 0 saturated carbocycles. The molecule has 0 aromatic carbocycles. The van der Waals surface area contributed by atoms with Gasteiger partial charge < -0.3 is 19.3 Å². The molecule has 0 radical (unpaired) electrons. The van der Waals surface area contributed by atoms with Crippen molar-refractivity contribution in [1.29, 1.82) is 0 Å². The summed E-state index contributed by atoms with van der Waals surface area (Å²) < 4.78 is 0. The van der Waals surface area contributed by atoms with Gasteiger partial charge in [-0.2, -0.15) is 0 Å². The van der Waals surface area contributed by atoms with Crippen molar-refractivity contribution in [3.05, 3.63) is 0 Å². The summed E-state index contributed by atoms with van der Waals surface area (Å²) in [6.07, 6.45) is 0. The zero-order chi connectivity index (χ0) is 0. The Balaban J connectivity index is 0. The molecule has 0 bridgehead atoms. The number of hydrogen-bond donors (Lipinski definition) is 0. The third-order valence-electron chi connectivity index (χ3n) is 0. The first-order valence-electron chi connectivity index (χ1n) is 0. The Hall–Kier alpha value is 2.92. The van der Waals surface area contributed by atoms with E-state index in [0.717, 1.165) is 0 Å². The van der Waals surface area contributed by atoms with Crippen LogP contribution in [0.1, 0.15) is 2.85 Å². The standard InChI is InChI=1S/2Fe.2Na.3H2O.2H/h;;;;3*1H2;;/q;;2*+1;;;;2*-1. The molecule has 0 aromatic heterocycles. The Bertz CT molecular complexity index is 17.8. The largest absolute Gasteiger partial charge is 1.00 e. The van der Waals surface area contributed by atoms with Crippen LogP contribution in [0.2, 0.25) is 0 Å². The normalized spacial score (nSPS) is 0. The molecule has 6 N–H and O–H groups in total. The fourth-order valence-corrected chi connectivity index (χ4v) is 0. The third-order valence-corrected chi connectivity index (χ3v) is 0. The Morgan fingerprint density at radius 2 is 0.571 bits per heavy atom. The molecule has 0 spiro atoms. The zero-order valence-electron chi connectivity index (χ0n) is 6.21. The summed E-state index contributed by atoms with van der Waals surface area (Å²) in [5.74, 6) is 0. The molecule has 0 aliphatic rings. The van der Waals surface area contributed by atoms with Gasteiger partial charge in [-0.25, -0.2) is 0 Å². The summed E-state index contributed by atoms with van der Waals surface area (Å²) in [5, 5.41) is 0. The minimum absolute atomic E-state index is 0. The van der Waals surface area contributed by atoms with Crippen LogP contribution in [0.4, 0.5) is 0 Å². The van der Waals surface area contributed by atoms with Gasteiger partial charge in [0.05, 0.1) is 0 Å². The first kappa shape index (κ1) is 92.6. The van der Waals surface area contributed by atoms with Gasteiger partial charge >= 0.3 is 59.1 Å². The van der Waals surface area contributed by atoms with E-state index in [1.54, 1.807) is 0 Å². The summed E-state index contributed by atoms with van der Waals surface area (Å²) in [5.41, 5.74) is 0. The molecule has 0 atom stereocenters. The molecule has 44 valence electrons. The van der Waals surface area contributed by atoms with Crippen molar-refractivity contribution in [1.82, 2.24) is 0 Å².